The topological polar surface area (TPSA) is 92.7 Å². The van der Waals surface area contributed by atoms with Gasteiger partial charge in [-0.15, -0.1) is 0 Å². The van der Waals surface area contributed by atoms with Crippen LogP contribution in [0.2, 0.25) is 0 Å². The number of hydrogen-bond donors (Lipinski definition) is 2. The molecule has 1 aromatic carbocycles. The van der Waals surface area contributed by atoms with Gasteiger partial charge in [0.1, 0.15) is 6.04 Å². The minimum absolute atomic E-state index is 0.264. The van der Waals surface area contributed by atoms with Gasteiger partial charge in [0.05, 0.1) is 5.56 Å². The summed E-state index contributed by atoms with van der Waals surface area (Å²) in [6, 6.07) is 2.90. The lowest BCUT2D eigenvalue weighted by molar-refractivity contribution is -0.148. The maximum atomic E-state index is 12.9. The van der Waals surface area contributed by atoms with Crippen molar-refractivity contribution in [2.75, 3.05) is 6.61 Å². The van der Waals surface area contributed by atoms with Crippen LogP contribution in [0.25, 0.3) is 0 Å². The van der Waals surface area contributed by atoms with E-state index in [4.69, 9.17) is 5.11 Å². The second-order valence-corrected chi connectivity index (χ2v) is 4.60. The number of ether oxygens (including phenoxy) is 1. The molecule has 9 heteroatoms. The van der Waals surface area contributed by atoms with Crippen molar-refractivity contribution in [3.63, 3.8) is 0 Å². The average Bonchev–Trinajstić information content (AvgIpc) is 2.43. The normalized spacial score (nSPS) is 12.3. The lowest BCUT2D eigenvalue weighted by Crippen LogP contribution is -2.44. The Kier molecular flexibility index (Phi) is 6.11. The van der Waals surface area contributed by atoms with Crippen molar-refractivity contribution in [2.45, 2.75) is 25.6 Å². The molecule has 2 N–H and O–H groups in total. The molecular formula is C14H14F3NO5. The third kappa shape index (κ3) is 5.97. The van der Waals surface area contributed by atoms with Gasteiger partial charge in [-0.25, -0.2) is 4.79 Å². The van der Waals surface area contributed by atoms with E-state index in [0.717, 1.165) is 19.1 Å². The Morgan fingerprint density at radius 2 is 1.87 bits per heavy atom. The summed E-state index contributed by atoms with van der Waals surface area (Å²) in [6.07, 6.45) is -5.20. The van der Waals surface area contributed by atoms with Gasteiger partial charge in [-0.2, -0.15) is 13.2 Å². The highest BCUT2D eigenvalue weighted by Gasteiger charge is 2.34. The van der Waals surface area contributed by atoms with Crippen LogP contribution >= 0.6 is 0 Å². The van der Waals surface area contributed by atoms with Crippen LogP contribution in [0.15, 0.2) is 24.3 Å². The van der Waals surface area contributed by atoms with Crippen molar-refractivity contribution in [1.82, 2.24) is 5.32 Å². The van der Waals surface area contributed by atoms with Crippen molar-refractivity contribution in [2.24, 2.45) is 0 Å². The number of alkyl halides is 3. The highest BCUT2D eigenvalue weighted by Crippen LogP contribution is 2.32. The zero-order chi connectivity index (χ0) is 17.6. The van der Waals surface area contributed by atoms with Gasteiger partial charge in [0.25, 0.3) is 5.91 Å². The Morgan fingerprint density at radius 1 is 1.26 bits per heavy atom. The summed E-state index contributed by atoms with van der Waals surface area (Å²) >= 11 is 0. The molecule has 0 bridgehead atoms. The van der Waals surface area contributed by atoms with Crippen LogP contribution in [0.5, 0.6) is 0 Å². The number of aliphatic carboxylic acids is 1. The van der Waals surface area contributed by atoms with Crippen molar-refractivity contribution in [3.05, 3.63) is 35.4 Å². The first-order valence-electron chi connectivity index (χ1n) is 6.42. The minimum Gasteiger partial charge on any atom is -0.480 e. The van der Waals surface area contributed by atoms with Gasteiger partial charge < -0.3 is 15.2 Å². The zero-order valence-corrected chi connectivity index (χ0v) is 12.0. The van der Waals surface area contributed by atoms with Crippen LogP contribution < -0.4 is 5.32 Å². The van der Waals surface area contributed by atoms with Crippen molar-refractivity contribution in [1.29, 1.82) is 0 Å². The summed E-state index contributed by atoms with van der Waals surface area (Å²) < 4.78 is 43.0. The molecule has 0 saturated carbocycles. The summed E-state index contributed by atoms with van der Waals surface area (Å²) in [7, 11) is 0. The molecule has 0 radical (unpaired) electrons. The predicted octanol–water partition coefficient (Wildman–Crippen LogP) is 1.38. The summed E-state index contributed by atoms with van der Waals surface area (Å²) in [4.78, 5) is 33.2. The third-order valence-electron chi connectivity index (χ3n) is 2.79. The number of carbonyl (C=O) groups excluding carboxylic acids is 2. The molecular weight excluding hydrogens is 319 g/mol. The van der Waals surface area contributed by atoms with E-state index in [1.54, 1.807) is 0 Å². The van der Waals surface area contributed by atoms with E-state index in [0.29, 0.717) is 0 Å². The number of hydrogen-bond acceptors (Lipinski definition) is 4. The fraction of sp³-hybridized carbons (Fsp3) is 0.357. The van der Waals surface area contributed by atoms with E-state index >= 15 is 0 Å². The zero-order valence-electron chi connectivity index (χ0n) is 12.0. The lowest BCUT2D eigenvalue weighted by atomic mass is 10.00. The van der Waals surface area contributed by atoms with Gasteiger partial charge in [-0.3, -0.25) is 9.59 Å². The molecule has 126 valence electrons. The highest BCUT2D eigenvalue weighted by molar-refractivity contribution is 5.85. The van der Waals surface area contributed by atoms with Gasteiger partial charge in [0.15, 0.2) is 6.61 Å². The second kappa shape index (κ2) is 7.61. The van der Waals surface area contributed by atoms with Crippen LogP contribution in [0, 0.1) is 0 Å². The van der Waals surface area contributed by atoms with E-state index in [9.17, 15) is 27.6 Å². The molecule has 0 saturated heterocycles. The molecule has 0 aliphatic rings. The van der Waals surface area contributed by atoms with Gasteiger partial charge >= 0.3 is 18.1 Å². The minimum atomic E-state index is -4.64. The maximum Gasteiger partial charge on any atom is 0.416 e. The van der Waals surface area contributed by atoms with E-state index in [1.165, 1.54) is 12.1 Å². The second-order valence-electron chi connectivity index (χ2n) is 4.60. The molecule has 0 aliphatic heterocycles. The number of carbonyl (C=O) groups is 3. The summed E-state index contributed by atoms with van der Waals surface area (Å²) in [5, 5.41) is 11.1. The van der Waals surface area contributed by atoms with Crippen molar-refractivity contribution in [3.8, 4) is 0 Å². The highest BCUT2D eigenvalue weighted by atomic mass is 19.4. The first-order chi connectivity index (χ1) is 10.6. The SMILES string of the molecule is CC(=O)OCC(=O)N[C@@H](Cc1ccccc1C(F)(F)F)C(=O)O. The smallest absolute Gasteiger partial charge is 0.416 e. The fourth-order valence-corrected chi connectivity index (χ4v) is 1.80. The number of benzene rings is 1. The largest absolute Gasteiger partial charge is 0.480 e. The average molecular weight is 333 g/mol. The van der Waals surface area contributed by atoms with Crippen molar-refractivity contribution < 1.29 is 37.4 Å². The maximum absolute atomic E-state index is 12.9. The van der Waals surface area contributed by atoms with Crippen LogP contribution in [0.4, 0.5) is 13.2 Å². The first-order valence-corrected chi connectivity index (χ1v) is 6.42. The Morgan fingerprint density at radius 3 is 2.39 bits per heavy atom. The Hall–Kier alpha value is -2.58. The van der Waals surface area contributed by atoms with Gasteiger partial charge in [0.2, 0.25) is 0 Å². The molecule has 6 nitrogen and oxygen atoms in total. The number of carboxylic acids is 1. The Balaban J connectivity index is 2.87. The number of nitrogens with one attached hydrogen (secondary N) is 1. The lowest BCUT2D eigenvalue weighted by Gasteiger charge is -2.18. The number of carboxylic acid groups (broad SMARTS) is 1. The molecule has 0 aromatic heterocycles. The molecule has 0 heterocycles. The van der Waals surface area contributed by atoms with Gasteiger partial charge in [-0.05, 0) is 11.6 Å². The third-order valence-corrected chi connectivity index (χ3v) is 2.79. The predicted molar refractivity (Wildman–Crippen MR) is 71.3 cm³/mol. The van der Waals surface area contributed by atoms with Crippen LogP contribution in [0.1, 0.15) is 18.1 Å². The summed E-state index contributed by atoms with van der Waals surface area (Å²) in [6.45, 7) is 0.349. The summed E-state index contributed by atoms with van der Waals surface area (Å²) in [5.41, 5.74) is -1.24. The molecule has 1 rings (SSSR count). The molecule has 1 amide bonds. The quantitative estimate of drug-likeness (QED) is 0.767. The molecule has 0 spiro atoms. The molecule has 0 unspecified atom stereocenters. The first kappa shape index (κ1) is 18.5. The Labute approximate surface area is 129 Å². The van der Waals surface area contributed by atoms with Crippen LogP contribution in [-0.4, -0.2) is 35.6 Å². The van der Waals surface area contributed by atoms with E-state index < -0.39 is 48.7 Å². The van der Waals surface area contributed by atoms with Crippen molar-refractivity contribution >= 4 is 17.8 Å². The number of halogens is 3. The Bertz CT molecular complexity index is 600. The number of rotatable bonds is 6. The number of amides is 1. The monoisotopic (exact) mass is 333 g/mol. The molecule has 23 heavy (non-hydrogen) atoms. The standard InChI is InChI=1S/C14H14F3NO5/c1-8(19)23-7-12(20)18-11(13(21)22)6-9-4-2-3-5-10(9)14(15,16)17/h2-5,11H,6-7H2,1H3,(H,18,20)(H,21,22)/t11-/m0/s1. The van der Waals surface area contributed by atoms with E-state index in [2.05, 4.69) is 4.74 Å². The fourth-order valence-electron chi connectivity index (χ4n) is 1.80. The van der Waals surface area contributed by atoms with Crippen LogP contribution in [-0.2, 0) is 31.7 Å². The van der Waals surface area contributed by atoms with Gasteiger partial charge in [-0.1, -0.05) is 18.2 Å². The number of esters is 1. The summed E-state index contributed by atoms with van der Waals surface area (Å²) in [5.74, 6) is -3.16. The van der Waals surface area contributed by atoms with Crippen LogP contribution in [0.3, 0.4) is 0 Å². The molecule has 0 fully saturated rings. The van der Waals surface area contributed by atoms with Gasteiger partial charge in [0, 0.05) is 13.3 Å². The molecule has 1 atom stereocenters. The molecule has 1 aromatic rings. The van der Waals surface area contributed by atoms with E-state index in [1.807, 2.05) is 5.32 Å². The van der Waals surface area contributed by atoms with E-state index in [-0.39, 0.29) is 5.56 Å². The molecule has 0 aliphatic carbocycles.